The van der Waals surface area contributed by atoms with E-state index in [0.29, 0.717) is 10.9 Å². The summed E-state index contributed by atoms with van der Waals surface area (Å²) in [5.74, 6) is 3.55. The molecule has 4 heteroatoms. The van der Waals surface area contributed by atoms with Crippen LogP contribution < -0.4 is 9.80 Å². The molecule has 0 amide bonds. The van der Waals surface area contributed by atoms with E-state index in [1.807, 2.05) is 13.0 Å². The zero-order chi connectivity index (χ0) is 27.3. The number of allylic oxidation sites excluding steroid dienone is 2. The van der Waals surface area contributed by atoms with Crippen LogP contribution in [0.1, 0.15) is 85.4 Å². The van der Waals surface area contributed by atoms with E-state index >= 15 is 0 Å². The smallest absolute Gasteiger partial charge is 0.106 e. The van der Waals surface area contributed by atoms with Crippen molar-refractivity contribution in [1.29, 1.82) is 0 Å². The number of anilines is 2. The van der Waals surface area contributed by atoms with Crippen LogP contribution in [0.3, 0.4) is 0 Å². The quantitative estimate of drug-likeness (QED) is 0.390. The number of rotatable bonds is 5. The third kappa shape index (κ3) is 8.11. The van der Waals surface area contributed by atoms with Gasteiger partial charge in [0.2, 0.25) is 0 Å². The molecule has 3 nitrogen and oxygen atoms in total. The molecule has 1 saturated carbocycles. The van der Waals surface area contributed by atoms with Crippen LogP contribution in [0, 0.1) is 30.1 Å². The van der Waals surface area contributed by atoms with Crippen molar-refractivity contribution < 1.29 is 0 Å². The van der Waals surface area contributed by atoms with Crippen LogP contribution in [0.2, 0.25) is 5.02 Å². The Kier molecular flexibility index (Phi) is 9.92. The maximum absolute atomic E-state index is 5.94. The Balaban J connectivity index is 0.000000222. The molecule has 1 fully saturated rings. The number of hydrogen-bond donors (Lipinski definition) is 0. The van der Waals surface area contributed by atoms with Crippen LogP contribution >= 0.6 is 11.6 Å². The Morgan fingerprint density at radius 2 is 1.70 bits per heavy atom. The van der Waals surface area contributed by atoms with Gasteiger partial charge in [-0.05, 0) is 79.2 Å². The van der Waals surface area contributed by atoms with Crippen molar-refractivity contribution >= 4 is 28.5 Å². The molecule has 0 spiro atoms. The largest absolute Gasteiger partial charge is 0.326 e. The summed E-state index contributed by atoms with van der Waals surface area (Å²) < 4.78 is 0. The Hall–Kier alpha value is -2.26. The first-order valence-corrected chi connectivity index (χ1v) is 14.4. The normalized spacial score (nSPS) is 20.2. The molecule has 2 aromatic rings. The fourth-order valence-electron chi connectivity index (χ4n) is 5.52. The maximum Gasteiger partial charge on any atom is 0.106 e. The number of benzene rings is 1. The van der Waals surface area contributed by atoms with Crippen molar-refractivity contribution in [3.8, 4) is 0 Å². The molecule has 0 radical (unpaired) electrons. The molecule has 0 atom stereocenters. The van der Waals surface area contributed by atoms with Gasteiger partial charge in [0.15, 0.2) is 0 Å². The summed E-state index contributed by atoms with van der Waals surface area (Å²) in [7, 11) is 0. The van der Waals surface area contributed by atoms with Crippen LogP contribution in [-0.2, 0) is 0 Å². The summed E-state index contributed by atoms with van der Waals surface area (Å²) in [5.41, 5.74) is 6.26. The average molecular weight is 522 g/mol. The molecule has 0 saturated heterocycles. The predicted molar refractivity (Wildman–Crippen MR) is 163 cm³/mol. The molecular formula is C33H48ClN3. The summed E-state index contributed by atoms with van der Waals surface area (Å²) in [4.78, 5) is 9.14. The predicted octanol–water partition coefficient (Wildman–Crippen LogP) is 9.76. The Morgan fingerprint density at radius 1 is 1.11 bits per heavy atom. The molecule has 2 heterocycles. The van der Waals surface area contributed by atoms with Gasteiger partial charge in [0.25, 0.3) is 0 Å². The molecule has 37 heavy (non-hydrogen) atoms. The summed E-state index contributed by atoms with van der Waals surface area (Å²) in [6.45, 7) is 24.2. The number of hydrogen-bond acceptors (Lipinski definition) is 3. The number of nitrogens with zero attached hydrogens (tertiary/aromatic N) is 3. The molecule has 1 aromatic heterocycles. The average Bonchev–Trinajstić information content (AvgIpc) is 3.07. The molecule has 202 valence electrons. The number of fused-ring (bicyclic) bond motifs is 1. The Labute approximate surface area is 231 Å². The molecule has 4 rings (SSSR count). The molecule has 2 aliphatic rings. The monoisotopic (exact) mass is 521 g/mol. The van der Waals surface area contributed by atoms with Crippen molar-refractivity contribution in [2.75, 3.05) is 22.9 Å². The van der Waals surface area contributed by atoms with Gasteiger partial charge in [-0.2, -0.15) is 0 Å². The molecular weight excluding hydrogens is 474 g/mol. The molecule has 0 bridgehead atoms. The lowest BCUT2D eigenvalue weighted by atomic mass is 9.83. The molecule has 1 aromatic carbocycles. The third-order valence-corrected chi connectivity index (χ3v) is 7.54. The lowest BCUT2D eigenvalue weighted by molar-refractivity contribution is 0.294. The minimum atomic E-state index is 0.179. The minimum absolute atomic E-state index is 0.179. The first-order chi connectivity index (χ1) is 17.4. The van der Waals surface area contributed by atoms with E-state index in [2.05, 4.69) is 100 Å². The standard InChI is InChI=1S/C20H30N2.C13H18ClN/c1-15(2)13-21-17(4)22(20-8-6-5-7-19(20)21)14-18-11-9-16(3)10-12-18;1-9(7-13(3,4)5)12-6-11(14)8-15-10(12)2/h5-8,15-16,18H,4,9-14H2,1-3H3;6-8H,1-5H3/b;9-7+. The van der Waals surface area contributed by atoms with Crippen molar-refractivity contribution in [3.63, 3.8) is 0 Å². The van der Waals surface area contributed by atoms with E-state index in [0.717, 1.165) is 36.2 Å². The van der Waals surface area contributed by atoms with Gasteiger partial charge >= 0.3 is 0 Å². The highest BCUT2D eigenvalue weighted by molar-refractivity contribution is 6.30. The van der Waals surface area contributed by atoms with Gasteiger partial charge in [-0.3, -0.25) is 4.98 Å². The summed E-state index contributed by atoms with van der Waals surface area (Å²) in [5, 5.41) is 0.692. The highest BCUT2D eigenvalue weighted by Gasteiger charge is 2.32. The van der Waals surface area contributed by atoms with E-state index in [1.165, 1.54) is 48.5 Å². The fourth-order valence-corrected chi connectivity index (χ4v) is 5.68. The lowest BCUT2D eigenvalue weighted by Crippen LogP contribution is -2.34. The third-order valence-electron chi connectivity index (χ3n) is 7.34. The first-order valence-electron chi connectivity index (χ1n) is 14.0. The SMILES string of the molecule is C/C(=C\C(C)(C)C)c1cc(Cl)cnc1C.C=C1N(CC(C)C)c2ccccc2N1CC1CCC(C)CC1. The van der Waals surface area contributed by atoms with Gasteiger partial charge in [0, 0.05) is 25.0 Å². The van der Waals surface area contributed by atoms with E-state index in [1.54, 1.807) is 6.20 Å². The van der Waals surface area contributed by atoms with Crippen LogP contribution in [0.25, 0.3) is 5.57 Å². The lowest BCUT2D eigenvalue weighted by Gasteiger charge is -2.32. The van der Waals surface area contributed by atoms with Gasteiger partial charge in [0.05, 0.1) is 16.4 Å². The van der Waals surface area contributed by atoms with Crippen LogP contribution in [-0.4, -0.2) is 18.1 Å². The highest BCUT2D eigenvalue weighted by Crippen LogP contribution is 2.42. The molecule has 1 aliphatic carbocycles. The van der Waals surface area contributed by atoms with Crippen molar-refractivity contribution in [3.05, 3.63) is 71.3 Å². The fraction of sp³-hybridized carbons (Fsp3) is 0.545. The second kappa shape index (κ2) is 12.5. The maximum atomic E-state index is 5.94. The van der Waals surface area contributed by atoms with Crippen LogP contribution in [0.15, 0.2) is 55.0 Å². The van der Waals surface area contributed by atoms with Gasteiger partial charge in [0.1, 0.15) is 5.82 Å². The zero-order valence-electron chi connectivity index (χ0n) is 24.4. The van der Waals surface area contributed by atoms with E-state index in [-0.39, 0.29) is 5.41 Å². The second-order valence-electron chi connectivity index (χ2n) is 12.6. The number of halogens is 1. The van der Waals surface area contributed by atoms with Gasteiger partial charge < -0.3 is 9.80 Å². The summed E-state index contributed by atoms with van der Waals surface area (Å²) >= 11 is 5.94. The second-order valence-corrected chi connectivity index (χ2v) is 13.1. The van der Waals surface area contributed by atoms with Crippen molar-refractivity contribution in [2.45, 2.75) is 81.1 Å². The highest BCUT2D eigenvalue weighted by atomic mass is 35.5. The first kappa shape index (κ1) is 29.3. The minimum Gasteiger partial charge on any atom is -0.326 e. The number of pyridine rings is 1. The van der Waals surface area contributed by atoms with Crippen LogP contribution in [0.5, 0.6) is 0 Å². The van der Waals surface area contributed by atoms with E-state index in [4.69, 9.17) is 11.6 Å². The van der Waals surface area contributed by atoms with E-state index < -0.39 is 0 Å². The molecule has 1 aliphatic heterocycles. The number of aromatic nitrogens is 1. The number of para-hydroxylation sites is 2. The van der Waals surface area contributed by atoms with E-state index in [9.17, 15) is 0 Å². The van der Waals surface area contributed by atoms with Gasteiger partial charge in [-0.1, -0.05) is 90.8 Å². The Bertz CT molecular complexity index is 1090. The molecule has 0 N–H and O–H groups in total. The summed E-state index contributed by atoms with van der Waals surface area (Å²) in [6.07, 6.45) is 9.46. The molecule has 0 unspecified atom stereocenters. The number of aryl methyl sites for hydroxylation is 1. The van der Waals surface area contributed by atoms with Crippen molar-refractivity contribution in [1.82, 2.24) is 4.98 Å². The van der Waals surface area contributed by atoms with Crippen molar-refractivity contribution in [2.24, 2.45) is 23.2 Å². The zero-order valence-corrected chi connectivity index (χ0v) is 25.2. The Morgan fingerprint density at radius 3 is 2.27 bits per heavy atom. The van der Waals surface area contributed by atoms with Gasteiger partial charge in [-0.15, -0.1) is 0 Å². The van der Waals surface area contributed by atoms with Crippen LogP contribution in [0.4, 0.5) is 11.4 Å². The summed E-state index contributed by atoms with van der Waals surface area (Å²) in [6, 6.07) is 10.8. The topological polar surface area (TPSA) is 19.4 Å². The van der Waals surface area contributed by atoms with Gasteiger partial charge in [-0.25, -0.2) is 0 Å².